The van der Waals surface area contributed by atoms with Crippen LogP contribution in [0.4, 0.5) is 0 Å². The number of H-pyrrole nitrogens is 1. The SMILES string of the molecule is Cl.N[C@@H](Cc1c[nH]c2ccccc12)C(=O)OCc1ccccc1. The highest BCUT2D eigenvalue weighted by Crippen LogP contribution is 2.19. The first-order valence-corrected chi connectivity index (χ1v) is 7.25. The van der Waals surface area contributed by atoms with E-state index in [2.05, 4.69) is 4.98 Å². The fourth-order valence-corrected chi connectivity index (χ4v) is 2.46. The molecule has 2 aromatic carbocycles. The molecule has 0 aliphatic carbocycles. The number of fused-ring (bicyclic) bond motifs is 1. The summed E-state index contributed by atoms with van der Waals surface area (Å²) in [4.78, 5) is 15.2. The van der Waals surface area contributed by atoms with Crippen molar-refractivity contribution in [3.05, 3.63) is 71.9 Å². The van der Waals surface area contributed by atoms with Crippen LogP contribution in [-0.2, 0) is 22.6 Å². The van der Waals surface area contributed by atoms with Gasteiger partial charge in [-0.05, 0) is 17.2 Å². The molecule has 0 fully saturated rings. The number of aromatic amines is 1. The molecule has 0 saturated carbocycles. The number of benzene rings is 2. The van der Waals surface area contributed by atoms with Crippen molar-refractivity contribution in [2.75, 3.05) is 0 Å². The van der Waals surface area contributed by atoms with Crippen molar-refractivity contribution < 1.29 is 9.53 Å². The van der Waals surface area contributed by atoms with Crippen molar-refractivity contribution in [2.24, 2.45) is 5.73 Å². The number of ether oxygens (including phenoxy) is 1. The number of para-hydroxylation sites is 1. The van der Waals surface area contributed by atoms with Gasteiger partial charge in [0.15, 0.2) is 0 Å². The van der Waals surface area contributed by atoms with Crippen molar-refractivity contribution in [3.63, 3.8) is 0 Å². The van der Waals surface area contributed by atoms with Gasteiger partial charge in [0.25, 0.3) is 0 Å². The second kappa shape index (κ2) is 7.81. The van der Waals surface area contributed by atoms with E-state index in [1.165, 1.54) is 0 Å². The summed E-state index contributed by atoms with van der Waals surface area (Å²) in [5.74, 6) is -0.380. The van der Waals surface area contributed by atoms with Crippen LogP contribution in [0.5, 0.6) is 0 Å². The number of hydrogen-bond donors (Lipinski definition) is 2. The maximum Gasteiger partial charge on any atom is 0.323 e. The van der Waals surface area contributed by atoms with Gasteiger partial charge in [-0.3, -0.25) is 4.79 Å². The fraction of sp³-hybridized carbons (Fsp3) is 0.167. The predicted octanol–water partition coefficient (Wildman–Crippen LogP) is 3.20. The van der Waals surface area contributed by atoms with E-state index in [1.807, 2.05) is 60.8 Å². The number of nitrogens with one attached hydrogen (secondary N) is 1. The van der Waals surface area contributed by atoms with Crippen LogP contribution in [0.15, 0.2) is 60.8 Å². The third-order valence-electron chi connectivity index (χ3n) is 3.64. The number of rotatable bonds is 5. The Hall–Kier alpha value is -2.30. The lowest BCUT2D eigenvalue weighted by Gasteiger charge is -2.11. The van der Waals surface area contributed by atoms with Gasteiger partial charge in [-0.25, -0.2) is 0 Å². The number of aromatic nitrogens is 1. The zero-order chi connectivity index (χ0) is 15.4. The lowest BCUT2D eigenvalue weighted by Crippen LogP contribution is -2.34. The highest BCUT2D eigenvalue weighted by Gasteiger charge is 2.17. The van der Waals surface area contributed by atoms with E-state index in [0.717, 1.165) is 22.0 Å². The molecule has 0 unspecified atom stereocenters. The van der Waals surface area contributed by atoms with Crippen LogP contribution < -0.4 is 5.73 Å². The highest BCUT2D eigenvalue weighted by molar-refractivity contribution is 5.85. The van der Waals surface area contributed by atoms with Gasteiger partial charge in [-0.2, -0.15) is 0 Å². The van der Waals surface area contributed by atoms with Gasteiger partial charge in [-0.1, -0.05) is 48.5 Å². The van der Waals surface area contributed by atoms with Crippen LogP contribution in [0, 0.1) is 0 Å². The van der Waals surface area contributed by atoms with Crippen molar-refractivity contribution in [1.82, 2.24) is 4.98 Å². The first-order chi connectivity index (χ1) is 10.7. The fourth-order valence-electron chi connectivity index (χ4n) is 2.46. The van der Waals surface area contributed by atoms with Gasteiger partial charge in [0.05, 0.1) is 0 Å². The molecule has 0 amide bonds. The van der Waals surface area contributed by atoms with Crippen LogP contribution in [0.25, 0.3) is 10.9 Å². The maximum atomic E-state index is 12.0. The molecule has 120 valence electrons. The van der Waals surface area contributed by atoms with Gasteiger partial charge < -0.3 is 15.5 Å². The first-order valence-electron chi connectivity index (χ1n) is 7.25. The van der Waals surface area contributed by atoms with Crippen LogP contribution in [0.2, 0.25) is 0 Å². The molecule has 1 aromatic heterocycles. The molecule has 3 N–H and O–H groups in total. The van der Waals surface area contributed by atoms with E-state index in [4.69, 9.17) is 10.5 Å². The minimum Gasteiger partial charge on any atom is -0.460 e. The third-order valence-corrected chi connectivity index (χ3v) is 3.64. The van der Waals surface area contributed by atoms with E-state index in [9.17, 15) is 4.79 Å². The average Bonchev–Trinajstić information content (AvgIpc) is 2.97. The molecule has 5 heteroatoms. The lowest BCUT2D eigenvalue weighted by molar-refractivity contribution is -0.146. The van der Waals surface area contributed by atoms with E-state index >= 15 is 0 Å². The van der Waals surface area contributed by atoms with Gasteiger partial charge >= 0.3 is 5.97 Å². The van der Waals surface area contributed by atoms with Crippen molar-refractivity contribution in [1.29, 1.82) is 0 Å². The number of halogens is 1. The van der Waals surface area contributed by atoms with Gasteiger partial charge in [0.1, 0.15) is 12.6 Å². The van der Waals surface area contributed by atoms with Crippen molar-refractivity contribution >= 4 is 29.3 Å². The monoisotopic (exact) mass is 330 g/mol. The van der Waals surface area contributed by atoms with Crippen molar-refractivity contribution in [2.45, 2.75) is 19.1 Å². The Bertz CT molecular complexity index is 771. The standard InChI is InChI=1S/C18H18N2O2.ClH/c19-16(18(21)22-12-13-6-2-1-3-7-13)10-14-11-20-17-9-5-4-8-15(14)17;/h1-9,11,16,20H,10,12,19H2;1H/t16-;/m0./s1. The second-order valence-electron chi connectivity index (χ2n) is 5.26. The molecular weight excluding hydrogens is 312 g/mol. The van der Waals surface area contributed by atoms with Gasteiger partial charge in [0, 0.05) is 23.5 Å². The smallest absolute Gasteiger partial charge is 0.323 e. The van der Waals surface area contributed by atoms with Crippen LogP contribution in [-0.4, -0.2) is 17.0 Å². The highest BCUT2D eigenvalue weighted by atomic mass is 35.5. The van der Waals surface area contributed by atoms with E-state index in [1.54, 1.807) is 0 Å². The third kappa shape index (κ3) is 4.12. The molecule has 1 heterocycles. The minimum absolute atomic E-state index is 0. The molecule has 3 aromatic rings. The zero-order valence-electron chi connectivity index (χ0n) is 12.6. The molecule has 0 radical (unpaired) electrons. The Kier molecular flexibility index (Phi) is 5.79. The molecule has 3 rings (SSSR count). The Balaban J connectivity index is 0.00000192. The Morgan fingerprint density at radius 2 is 1.78 bits per heavy atom. The van der Waals surface area contributed by atoms with Crippen LogP contribution in [0.3, 0.4) is 0 Å². The molecular formula is C18H19ClN2O2. The summed E-state index contributed by atoms with van der Waals surface area (Å²) < 4.78 is 5.28. The largest absolute Gasteiger partial charge is 0.460 e. The number of carbonyl (C=O) groups excluding carboxylic acids is 1. The number of esters is 1. The Morgan fingerprint density at radius 1 is 1.09 bits per heavy atom. The van der Waals surface area contributed by atoms with Gasteiger partial charge in [-0.15, -0.1) is 12.4 Å². The van der Waals surface area contributed by atoms with Crippen LogP contribution >= 0.6 is 12.4 Å². The summed E-state index contributed by atoms with van der Waals surface area (Å²) in [7, 11) is 0. The summed E-state index contributed by atoms with van der Waals surface area (Å²) in [5.41, 5.74) is 9.00. The number of nitrogens with two attached hydrogens (primary N) is 1. The molecule has 0 aliphatic rings. The number of carbonyl (C=O) groups is 1. The summed E-state index contributed by atoms with van der Waals surface area (Å²) in [6, 6.07) is 16.9. The summed E-state index contributed by atoms with van der Waals surface area (Å²) in [6.07, 6.45) is 2.35. The maximum absolute atomic E-state index is 12.0. The molecule has 1 atom stereocenters. The molecule has 23 heavy (non-hydrogen) atoms. The molecule has 0 bridgehead atoms. The summed E-state index contributed by atoms with van der Waals surface area (Å²) >= 11 is 0. The zero-order valence-corrected chi connectivity index (χ0v) is 13.4. The molecule has 0 saturated heterocycles. The number of hydrogen-bond acceptors (Lipinski definition) is 3. The van der Waals surface area contributed by atoms with E-state index in [-0.39, 0.29) is 25.0 Å². The summed E-state index contributed by atoms with van der Waals surface area (Å²) in [5, 5.41) is 1.09. The second-order valence-corrected chi connectivity index (χ2v) is 5.26. The average molecular weight is 331 g/mol. The van der Waals surface area contributed by atoms with Gasteiger partial charge in [0.2, 0.25) is 0 Å². The Morgan fingerprint density at radius 3 is 2.57 bits per heavy atom. The minimum atomic E-state index is -0.664. The summed E-state index contributed by atoms with van der Waals surface area (Å²) in [6.45, 7) is 0.251. The predicted molar refractivity (Wildman–Crippen MR) is 93.5 cm³/mol. The molecule has 4 nitrogen and oxygen atoms in total. The lowest BCUT2D eigenvalue weighted by atomic mass is 10.1. The van der Waals surface area contributed by atoms with E-state index < -0.39 is 6.04 Å². The first kappa shape index (κ1) is 17.1. The quantitative estimate of drug-likeness (QED) is 0.706. The van der Waals surface area contributed by atoms with Crippen molar-refractivity contribution in [3.8, 4) is 0 Å². The normalized spacial score (nSPS) is 11.7. The molecule has 0 spiro atoms. The topological polar surface area (TPSA) is 68.1 Å². The molecule has 0 aliphatic heterocycles. The Labute approximate surface area is 141 Å². The van der Waals surface area contributed by atoms with E-state index in [0.29, 0.717) is 6.42 Å². The van der Waals surface area contributed by atoms with Crippen LogP contribution in [0.1, 0.15) is 11.1 Å².